The molecule has 3 N–H and O–H groups in total. The molecule has 0 bridgehead atoms. The van der Waals surface area contributed by atoms with Crippen LogP contribution in [0.1, 0.15) is 18.4 Å². The summed E-state index contributed by atoms with van der Waals surface area (Å²) in [5.41, 5.74) is 6.06. The number of anilines is 1. The van der Waals surface area contributed by atoms with E-state index in [1.807, 2.05) is 0 Å². The summed E-state index contributed by atoms with van der Waals surface area (Å²) in [6.07, 6.45) is -2.75. The van der Waals surface area contributed by atoms with Crippen molar-refractivity contribution in [1.29, 1.82) is 5.41 Å². The molecule has 1 aliphatic carbocycles. The van der Waals surface area contributed by atoms with Crippen molar-refractivity contribution in [3.8, 4) is 0 Å². The zero-order valence-electron chi connectivity index (χ0n) is 9.97. The molecule has 1 fully saturated rings. The van der Waals surface area contributed by atoms with Crippen LogP contribution in [0.3, 0.4) is 0 Å². The SMILES string of the molecule is N=C(N)c1ccc(N(CC(F)(F)F)C2CC2)cc1Cl. The number of nitrogens with one attached hydrogen (secondary N) is 1. The molecule has 0 spiro atoms. The number of rotatable bonds is 4. The molecule has 19 heavy (non-hydrogen) atoms. The minimum atomic E-state index is -4.26. The van der Waals surface area contributed by atoms with Crippen molar-refractivity contribution in [1.82, 2.24) is 0 Å². The van der Waals surface area contributed by atoms with Crippen LogP contribution >= 0.6 is 11.6 Å². The number of hydrogen-bond acceptors (Lipinski definition) is 2. The Morgan fingerprint density at radius 1 is 1.42 bits per heavy atom. The summed E-state index contributed by atoms with van der Waals surface area (Å²) in [5.74, 6) is -0.203. The number of nitrogen functional groups attached to an aromatic ring is 1. The summed E-state index contributed by atoms with van der Waals surface area (Å²) in [4.78, 5) is 1.30. The van der Waals surface area contributed by atoms with Crippen molar-refractivity contribution in [2.75, 3.05) is 11.4 Å². The number of hydrogen-bond donors (Lipinski definition) is 2. The van der Waals surface area contributed by atoms with Gasteiger partial charge < -0.3 is 10.6 Å². The second kappa shape index (κ2) is 4.92. The van der Waals surface area contributed by atoms with E-state index < -0.39 is 12.7 Å². The van der Waals surface area contributed by atoms with Gasteiger partial charge in [-0.15, -0.1) is 0 Å². The van der Waals surface area contributed by atoms with E-state index in [0.717, 1.165) is 12.8 Å². The van der Waals surface area contributed by atoms with Gasteiger partial charge >= 0.3 is 6.18 Å². The lowest BCUT2D eigenvalue weighted by Gasteiger charge is -2.26. The lowest BCUT2D eigenvalue weighted by Crippen LogP contribution is -2.36. The average Bonchev–Trinajstić information content (AvgIpc) is 3.07. The Morgan fingerprint density at radius 3 is 2.47 bits per heavy atom. The number of nitrogens with two attached hydrogens (primary N) is 1. The van der Waals surface area contributed by atoms with Gasteiger partial charge in [0.2, 0.25) is 0 Å². The van der Waals surface area contributed by atoms with Crippen LogP contribution in [0, 0.1) is 5.41 Å². The molecule has 2 rings (SSSR count). The summed E-state index contributed by atoms with van der Waals surface area (Å²) in [6, 6.07) is 4.35. The third-order valence-corrected chi connectivity index (χ3v) is 3.22. The molecule has 0 unspecified atom stereocenters. The molecule has 0 heterocycles. The lowest BCUT2D eigenvalue weighted by molar-refractivity contribution is -0.120. The van der Waals surface area contributed by atoms with Gasteiger partial charge in [-0.2, -0.15) is 13.2 Å². The highest BCUT2D eigenvalue weighted by Crippen LogP contribution is 2.35. The number of amidine groups is 1. The average molecular weight is 292 g/mol. The Labute approximate surface area is 113 Å². The molecule has 0 aromatic heterocycles. The zero-order valence-corrected chi connectivity index (χ0v) is 10.7. The van der Waals surface area contributed by atoms with Crippen LogP contribution in [0.2, 0.25) is 5.02 Å². The van der Waals surface area contributed by atoms with E-state index in [1.165, 1.54) is 23.1 Å². The predicted molar refractivity (Wildman–Crippen MR) is 68.9 cm³/mol. The van der Waals surface area contributed by atoms with Crippen molar-refractivity contribution in [2.45, 2.75) is 25.1 Å². The van der Waals surface area contributed by atoms with Crippen LogP contribution < -0.4 is 10.6 Å². The van der Waals surface area contributed by atoms with E-state index in [-0.39, 0.29) is 16.9 Å². The smallest absolute Gasteiger partial charge is 0.384 e. The van der Waals surface area contributed by atoms with Gasteiger partial charge in [0.1, 0.15) is 12.4 Å². The minimum Gasteiger partial charge on any atom is -0.384 e. The Kier molecular flexibility index (Phi) is 3.62. The third-order valence-electron chi connectivity index (χ3n) is 2.91. The third kappa shape index (κ3) is 3.53. The van der Waals surface area contributed by atoms with Crippen LogP contribution in [0.4, 0.5) is 18.9 Å². The van der Waals surface area contributed by atoms with Gasteiger partial charge in [0, 0.05) is 17.3 Å². The number of benzene rings is 1. The normalized spacial score (nSPS) is 15.4. The van der Waals surface area contributed by atoms with Gasteiger partial charge in [-0.3, -0.25) is 5.41 Å². The van der Waals surface area contributed by atoms with Crippen LogP contribution in [-0.2, 0) is 0 Å². The molecule has 1 aromatic rings. The quantitative estimate of drug-likeness (QED) is 0.661. The molecule has 0 atom stereocenters. The predicted octanol–water partition coefficient (Wildman–Crippen LogP) is 3.16. The topological polar surface area (TPSA) is 53.1 Å². The summed E-state index contributed by atoms with van der Waals surface area (Å²) in [7, 11) is 0. The van der Waals surface area contributed by atoms with Crippen molar-refractivity contribution in [3.05, 3.63) is 28.8 Å². The maximum Gasteiger partial charge on any atom is 0.405 e. The molecule has 7 heteroatoms. The van der Waals surface area contributed by atoms with Crippen molar-refractivity contribution >= 4 is 23.1 Å². The summed E-state index contributed by atoms with van der Waals surface area (Å²) >= 11 is 5.94. The van der Waals surface area contributed by atoms with E-state index in [4.69, 9.17) is 22.7 Å². The Balaban J connectivity index is 2.27. The van der Waals surface area contributed by atoms with E-state index in [0.29, 0.717) is 11.3 Å². The zero-order chi connectivity index (χ0) is 14.2. The highest BCUT2D eigenvalue weighted by atomic mass is 35.5. The van der Waals surface area contributed by atoms with E-state index in [2.05, 4.69) is 0 Å². The standard InChI is InChI=1S/C12H13ClF3N3/c13-10-5-8(3-4-9(10)11(17)18)19(7-1-2-7)6-12(14,15)16/h3-5,7H,1-2,6H2,(H3,17,18). The van der Waals surface area contributed by atoms with Crippen LogP contribution in [0.25, 0.3) is 0 Å². The van der Waals surface area contributed by atoms with E-state index in [9.17, 15) is 13.2 Å². The highest BCUT2D eigenvalue weighted by molar-refractivity contribution is 6.34. The molecule has 1 aliphatic rings. The fourth-order valence-corrected chi connectivity index (χ4v) is 2.19. The molecule has 104 valence electrons. The molecule has 0 aliphatic heterocycles. The maximum absolute atomic E-state index is 12.6. The van der Waals surface area contributed by atoms with E-state index in [1.54, 1.807) is 0 Å². The largest absolute Gasteiger partial charge is 0.405 e. The first-order valence-electron chi connectivity index (χ1n) is 5.75. The Hall–Kier alpha value is -1.43. The molecule has 1 saturated carbocycles. The first-order chi connectivity index (χ1) is 8.78. The molecule has 0 amide bonds. The van der Waals surface area contributed by atoms with Crippen LogP contribution in [0.15, 0.2) is 18.2 Å². The van der Waals surface area contributed by atoms with Gasteiger partial charge in [0.25, 0.3) is 0 Å². The van der Waals surface area contributed by atoms with Crippen LogP contribution in [-0.4, -0.2) is 24.6 Å². The Bertz CT molecular complexity index is 497. The van der Waals surface area contributed by atoms with Gasteiger partial charge in [-0.25, -0.2) is 0 Å². The fourth-order valence-electron chi connectivity index (χ4n) is 1.91. The van der Waals surface area contributed by atoms with E-state index >= 15 is 0 Å². The summed E-state index contributed by atoms with van der Waals surface area (Å²) in [5, 5.41) is 7.49. The van der Waals surface area contributed by atoms with Crippen molar-refractivity contribution < 1.29 is 13.2 Å². The summed E-state index contributed by atoms with van der Waals surface area (Å²) < 4.78 is 37.7. The van der Waals surface area contributed by atoms with Gasteiger partial charge in [-0.1, -0.05) is 11.6 Å². The summed E-state index contributed by atoms with van der Waals surface area (Å²) in [6.45, 7) is -0.993. The molecule has 3 nitrogen and oxygen atoms in total. The molecule has 0 saturated heterocycles. The first kappa shape index (κ1) is 14.0. The maximum atomic E-state index is 12.6. The Morgan fingerprint density at radius 2 is 2.05 bits per heavy atom. The molecule has 1 aromatic carbocycles. The molecular formula is C12H13ClF3N3. The lowest BCUT2D eigenvalue weighted by atomic mass is 10.1. The fraction of sp³-hybridized carbons (Fsp3) is 0.417. The van der Waals surface area contributed by atoms with Crippen LogP contribution in [0.5, 0.6) is 0 Å². The molecular weight excluding hydrogens is 279 g/mol. The number of nitrogens with zero attached hydrogens (tertiary/aromatic N) is 1. The second-order valence-corrected chi connectivity index (χ2v) is 4.96. The highest BCUT2D eigenvalue weighted by Gasteiger charge is 2.38. The van der Waals surface area contributed by atoms with Gasteiger partial charge in [0.05, 0.1) is 5.02 Å². The number of alkyl halides is 3. The van der Waals surface area contributed by atoms with Crippen molar-refractivity contribution in [3.63, 3.8) is 0 Å². The van der Waals surface area contributed by atoms with Gasteiger partial charge in [0.15, 0.2) is 0 Å². The molecule has 0 radical (unpaired) electrons. The number of halogens is 4. The second-order valence-electron chi connectivity index (χ2n) is 4.55. The first-order valence-corrected chi connectivity index (χ1v) is 6.13. The minimum absolute atomic E-state index is 0.0825. The monoisotopic (exact) mass is 291 g/mol. The van der Waals surface area contributed by atoms with Gasteiger partial charge in [-0.05, 0) is 31.0 Å². The van der Waals surface area contributed by atoms with Crippen molar-refractivity contribution in [2.24, 2.45) is 5.73 Å².